The fraction of sp³-hybridized carbons (Fsp3) is 0.929. The number of Topliss-reactive ketones (excluding diaryl/α,β-unsaturated/α-hetero) is 1. The van der Waals surface area contributed by atoms with Crippen LogP contribution in [-0.4, -0.2) is 54.2 Å². The summed E-state index contributed by atoms with van der Waals surface area (Å²) >= 11 is 0. The van der Waals surface area contributed by atoms with Crippen LogP contribution in [0.4, 0.5) is 0 Å². The molecule has 0 radical (unpaired) electrons. The molecule has 4 rings (SSSR count). The van der Waals surface area contributed by atoms with Gasteiger partial charge < -0.3 is 9.84 Å². The van der Waals surface area contributed by atoms with Gasteiger partial charge in [-0.05, 0) is 31.6 Å². The van der Waals surface area contributed by atoms with Crippen molar-refractivity contribution in [1.29, 1.82) is 0 Å². The largest absolute Gasteiger partial charge is 0.394 e. The zero-order valence-electron chi connectivity index (χ0n) is 11.1. The number of hydrogen-bond acceptors (Lipinski definition) is 4. The van der Waals surface area contributed by atoms with Gasteiger partial charge in [0.05, 0.1) is 13.2 Å². The smallest absolute Gasteiger partial charge is 0.161 e. The first kappa shape index (κ1) is 12.6. The second-order valence-corrected chi connectivity index (χ2v) is 6.16. The highest BCUT2D eigenvalue weighted by atomic mass is 16.5. The number of aliphatic hydroxyl groups is 1. The van der Waals surface area contributed by atoms with Crippen molar-refractivity contribution in [2.24, 2.45) is 11.8 Å². The highest BCUT2D eigenvalue weighted by Crippen LogP contribution is 2.46. The van der Waals surface area contributed by atoms with E-state index >= 15 is 0 Å². The first-order chi connectivity index (χ1) is 8.73. The van der Waals surface area contributed by atoms with Crippen LogP contribution in [0.3, 0.4) is 0 Å². The second kappa shape index (κ2) is 4.58. The van der Waals surface area contributed by atoms with Crippen LogP contribution in [0.15, 0.2) is 0 Å². The third-order valence-corrected chi connectivity index (χ3v) is 5.36. The van der Waals surface area contributed by atoms with E-state index in [9.17, 15) is 9.90 Å². The number of nitrogens with zero attached hydrogens (tertiary/aromatic N) is 1. The van der Waals surface area contributed by atoms with Gasteiger partial charge >= 0.3 is 0 Å². The molecule has 1 aliphatic carbocycles. The molecular formula is C14H23NO3. The normalized spacial score (nSPS) is 44.1. The summed E-state index contributed by atoms with van der Waals surface area (Å²) in [4.78, 5) is 14.8. The molecule has 0 amide bonds. The molecule has 1 N–H and O–H groups in total. The van der Waals surface area contributed by atoms with Crippen LogP contribution >= 0.6 is 0 Å². The maximum atomic E-state index is 12.5. The highest BCUT2D eigenvalue weighted by Gasteiger charge is 2.57. The van der Waals surface area contributed by atoms with Crippen molar-refractivity contribution in [2.75, 3.05) is 26.9 Å². The van der Waals surface area contributed by atoms with Gasteiger partial charge in [-0.1, -0.05) is 6.42 Å². The van der Waals surface area contributed by atoms with E-state index in [1.807, 2.05) is 0 Å². The minimum absolute atomic E-state index is 0.0978. The molecule has 1 saturated carbocycles. The summed E-state index contributed by atoms with van der Waals surface area (Å²) in [6.45, 7) is 1.18. The molecule has 0 aromatic heterocycles. The number of ether oxygens (including phenoxy) is 1. The zero-order chi connectivity index (χ0) is 12.8. The Morgan fingerprint density at radius 3 is 2.78 bits per heavy atom. The SMILES string of the molecule is COCC1(CO)C(=O)C2CCN1C(C1CCC1)C2. The summed E-state index contributed by atoms with van der Waals surface area (Å²) in [5.74, 6) is 1.11. The second-order valence-electron chi connectivity index (χ2n) is 6.16. The van der Waals surface area contributed by atoms with Gasteiger partial charge in [0.2, 0.25) is 0 Å². The number of fused-ring (bicyclic) bond motifs is 3. The first-order valence-electron chi connectivity index (χ1n) is 7.14. The Morgan fingerprint density at radius 1 is 1.44 bits per heavy atom. The van der Waals surface area contributed by atoms with Gasteiger partial charge in [0.15, 0.2) is 5.78 Å². The Kier molecular flexibility index (Phi) is 3.20. The summed E-state index contributed by atoms with van der Waals surface area (Å²) < 4.78 is 5.26. The summed E-state index contributed by atoms with van der Waals surface area (Å²) in [6.07, 6.45) is 5.87. The van der Waals surface area contributed by atoms with Crippen LogP contribution in [0.2, 0.25) is 0 Å². The standard InChI is InChI=1S/C14H23NO3/c1-18-9-14(8-16)13(17)11-5-6-15(14)12(7-11)10-3-2-4-10/h10-12,16H,2-9H2,1H3. The molecular weight excluding hydrogens is 230 g/mol. The average molecular weight is 253 g/mol. The number of aliphatic hydroxyl groups excluding tert-OH is 1. The summed E-state index contributed by atoms with van der Waals surface area (Å²) in [6, 6.07) is 0.498. The Bertz CT molecular complexity index is 342. The first-order valence-corrected chi connectivity index (χ1v) is 7.14. The van der Waals surface area contributed by atoms with E-state index in [2.05, 4.69) is 4.90 Å². The van der Waals surface area contributed by atoms with Gasteiger partial charge in [0, 0.05) is 25.6 Å². The molecule has 4 heteroatoms. The zero-order valence-corrected chi connectivity index (χ0v) is 11.1. The van der Waals surface area contributed by atoms with Crippen molar-refractivity contribution in [3.63, 3.8) is 0 Å². The molecule has 18 heavy (non-hydrogen) atoms. The van der Waals surface area contributed by atoms with Gasteiger partial charge in [0.1, 0.15) is 5.54 Å². The van der Waals surface area contributed by atoms with Crippen LogP contribution < -0.4 is 0 Å². The Balaban J connectivity index is 1.89. The van der Waals surface area contributed by atoms with Crippen molar-refractivity contribution < 1.29 is 14.6 Å². The maximum absolute atomic E-state index is 12.5. The minimum Gasteiger partial charge on any atom is -0.394 e. The van der Waals surface area contributed by atoms with Crippen LogP contribution in [0.5, 0.6) is 0 Å². The molecule has 4 atom stereocenters. The fourth-order valence-corrected chi connectivity index (χ4v) is 4.17. The number of ketones is 1. The number of methoxy groups -OCH3 is 1. The van der Waals surface area contributed by atoms with Gasteiger partial charge in [-0.2, -0.15) is 0 Å². The Labute approximate surface area is 108 Å². The Hall–Kier alpha value is -0.450. The topological polar surface area (TPSA) is 49.8 Å². The predicted molar refractivity (Wildman–Crippen MR) is 67.3 cm³/mol. The number of carbonyl (C=O) groups is 1. The van der Waals surface area contributed by atoms with Crippen molar-refractivity contribution in [1.82, 2.24) is 4.90 Å². The van der Waals surface area contributed by atoms with Crippen molar-refractivity contribution in [3.8, 4) is 0 Å². The molecule has 3 aliphatic heterocycles. The third kappa shape index (κ3) is 1.59. The number of rotatable bonds is 4. The molecule has 0 aromatic rings. The summed E-state index contributed by atoms with van der Waals surface area (Å²) in [5.41, 5.74) is -0.740. The van der Waals surface area contributed by atoms with Gasteiger partial charge in [-0.25, -0.2) is 0 Å². The lowest BCUT2D eigenvalue weighted by Crippen LogP contribution is -2.73. The minimum atomic E-state index is -0.740. The molecule has 0 spiro atoms. The lowest BCUT2D eigenvalue weighted by atomic mass is 9.65. The molecule has 102 valence electrons. The lowest BCUT2D eigenvalue weighted by molar-refractivity contribution is -0.172. The van der Waals surface area contributed by atoms with E-state index in [1.54, 1.807) is 7.11 Å². The molecule has 3 heterocycles. The van der Waals surface area contributed by atoms with E-state index in [-0.39, 0.29) is 18.3 Å². The monoisotopic (exact) mass is 253 g/mol. The van der Waals surface area contributed by atoms with Crippen LogP contribution in [-0.2, 0) is 9.53 Å². The number of piperidine rings is 3. The quantitative estimate of drug-likeness (QED) is 0.806. The lowest BCUT2D eigenvalue weighted by Gasteiger charge is -2.58. The Morgan fingerprint density at radius 2 is 2.22 bits per heavy atom. The summed E-state index contributed by atoms with van der Waals surface area (Å²) in [5, 5.41) is 9.81. The molecule has 4 nitrogen and oxygen atoms in total. The van der Waals surface area contributed by atoms with Gasteiger partial charge in [-0.3, -0.25) is 9.69 Å². The van der Waals surface area contributed by atoms with Crippen molar-refractivity contribution >= 4 is 5.78 Å². The average Bonchev–Trinajstić information content (AvgIpc) is 2.32. The van der Waals surface area contributed by atoms with E-state index < -0.39 is 5.54 Å². The number of carbonyl (C=O) groups excluding carboxylic acids is 1. The van der Waals surface area contributed by atoms with E-state index in [0.717, 1.165) is 25.3 Å². The molecule has 4 aliphatic rings. The third-order valence-electron chi connectivity index (χ3n) is 5.36. The molecule has 0 aromatic carbocycles. The van der Waals surface area contributed by atoms with Crippen molar-refractivity contribution in [2.45, 2.75) is 43.7 Å². The van der Waals surface area contributed by atoms with Crippen LogP contribution in [0.1, 0.15) is 32.1 Å². The summed E-state index contributed by atoms with van der Waals surface area (Å²) in [7, 11) is 1.62. The molecule has 4 unspecified atom stereocenters. The highest BCUT2D eigenvalue weighted by molar-refractivity contribution is 5.92. The van der Waals surface area contributed by atoms with Crippen LogP contribution in [0.25, 0.3) is 0 Å². The van der Waals surface area contributed by atoms with Gasteiger partial charge in [0.25, 0.3) is 0 Å². The predicted octanol–water partition coefficient (Wildman–Crippen LogP) is 0.827. The molecule has 2 bridgehead atoms. The van der Waals surface area contributed by atoms with Crippen LogP contribution in [0, 0.1) is 11.8 Å². The molecule has 4 fully saturated rings. The van der Waals surface area contributed by atoms with E-state index in [1.165, 1.54) is 19.3 Å². The van der Waals surface area contributed by atoms with Crippen molar-refractivity contribution in [3.05, 3.63) is 0 Å². The maximum Gasteiger partial charge on any atom is 0.161 e. The van der Waals surface area contributed by atoms with E-state index in [0.29, 0.717) is 12.6 Å². The molecule has 3 saturated heterocycles. The van der Waals surface area contributed by atoms with Gasteiger partial charge in [-0.15, -0.1) is 0 Å². The van der Waals surface area contributed by atoms with E-state index in [4.69, 9.17) is 4.74 Å². The fourth-order valence-electron chi connectivity index (χ4n) is 4.17. The number of hydrogen-bond donors (Lipinski definition) is 1.